The van der Waals surface area contributed by atoms with Gasteiger partial charge in [-0.05, 0) is 45.6 Å². The predicted octanol–water partition coefficient (Wildman–Crippen LogP) is 1.66. The van der Waals surface area contributed by atoms with Crippen LogP contribution in [0.3, 0.4) is 0 Å². The third-order valence-corrected chi connectivity index (χ3v) is 3.83. The van der Waals surface area contributed by atoms with Crippen molar-refractivity contribution in [2.24, 2.45) is 4.99 Å². The van der Waals surface area contributed by atoms with Gasteiger partial charge in [-0.25, -0.2) is 4.98 Å². The number of nitrogens with one attached hydrogen (secondary N) is 3. The van der Waals surface area contributed by atoms with Crippen molar-refractivity contribution in [3.8, 4) is 0 Å². The average molecular weight is 372 g/mol. The Morgan fingerprint density at radius 2 is 1.96 bits per heavy atom. The number of amides is 1. The smallest absolute Gasteiger partial charge is 0.238 e. The molecule has 0 saturated heterocycles. The Bertz CT molecular complexity index is 778. The lowest BCUT2D eigenvalue weighted by atomic mass is 10.2. The molecule has 0 spiro atoms. The van der Waals surface area contributed by atoms with Gasteiger partial charge in [0.15, 0.2) is 5.96 Å². The minimum absolute atomic E-state index is 0.0425. The summed E-state index contributed by atoms with van der Waals surface area (Å²) < 4.78 is 5.55. The Balaban J connectivity index is 1.86. The van der Waals surface area contributed by atoms with Crippen molar-refractivity contribution >= 4 is 17.6 Å². The fourth-order valence-corrected chi connectivity index (χ4v) is 2.43. The maximum atomic E-state index is 11.9. The van der Waals surface area contributed by atoms with Crippen LogP contribution in [0.2, 0.25) is 0 Å². The van der Waals surface area contributed by atoms with E-state index in [1.807, 2.05) is 57.1 Å². The van der Waals surface area contributed by atoms with Crippen molar-refractivity contribution in [2.75, 3.05) is 33.0 Å². The SMILES string of the molecule is CN=C(NCc1cccc(NC(=O)CN(C)C)c1)NCc1nc(C)c(C)o1. The van der Waals surface area contributed by atoms with Crippen LogP contribution < -0.4 is 16.0 Å². The van der Waals surface area contributed by atoms with Gasteiger partial charge in [-0.15, -0.1) is 0 Å². The zero-order valence-electron chi connectivity index (χ0n) is 16.6. The number of hydrogen-bond acceptors (Lipinski definition) is 5. The molecule has 1 amide bonds. The lowest BCUT2D eigenvalue weighted by Gasteiger charge is -2.13. The number of aryl methyl sites for hydroxylation is 2. The van der Waals surface area contributed by atoms with Crippen LogP contribution in [0, 0.1) is 13.8 Å². The van der Waals surface area contributed by atoms with Gasteiger partial charge < -0.3 is 25.3 Å². The molecular weight excluding hydrogens is 344 g/mol. The van der Waals surface area contributed by atoms with Crippen molar-refractivity contribution in [3.05, 3.63) is 47.2 Å². The van der Waals surface area contributed by atoms with Gasteiger partial charge in [-0.3, -0.25) is 9.79 Å². The molecule has 1 aromatic heterocycles. The lowest BCUT2D eigenvalue weighted by Crippen LogP contribution is -2.36. The molecule has 27 heavy (non-hydrogen) atoms. The Hall–Kier alpha value is -2.87. The summed E-state index contributed by atoms with van der Waals surface area (Å²) in [4.78, 5) is 22.2. The second-order valence-corrected chi connectivity index (χ2v) is 6.51. The maximum Gasteiger partial charge on any atom is 0.238 e. The molecular formula is C19H28N6O2. The zero-order chi connectivity index (χ0) is 19.8. The number of guanidine groups is 1. The molecule has 2 rings (SSSR count). The van der Waals surface area contributed by atoms with E-state index in [0.717, 1.165) is 22.7 Å². The minimum atomic E-state index is -0.0425. The summed E-state index contributed by atoms with van der Waals surface area (Å²) in [6, 6.07) is 7.71. The fraction of sp³-hybridized carbons (Fsp3) is 0.421. The second-order valence-electron chi connectivity index (χ2n) is 6.51. The number of hydrogen-bond donors (Lipinski definition) is 3. The number of aliphatic imine (C=N–C) groups is 1. The van der Waals surface area contributed by atoms with Gasteiger partial charge in [0.05, 0.1) is 18.8 Å². The monoisotopic (exact) mass is 372 g/mol. The summed E-state index contributed by atoms with van der Waals surface area (Å²) in [6.45, 7) is 5.18. The molecule has 0 bridgehead atoms. The zero-order valence-corrected chi connectivity index (χ0v) is 16.6. The summed E-state index contributed by atoms with van der Waals surface area (Å²) in [6.07, 6.45) is 0. The number of carbonyl (C=O) groups is 1. The van der Waals surface area contributed by atoms with E-state index in [-0.39, 0.29) is 5.91 Å². The van der Waals surface area contributed by atoms with E-state index in [2.05, 4.69) is 25.9 Å². The summed E-state index contributed by atoms with van der Waals surface area (Å²) in [7, 11) is 5.43. The quantitative estimate of drug-likeness (QED) is 0.505. The molecule has 0 aliphatic rings. The Labute approximate surface area is 160 Å². The molecule has 0 aliphatic carbocycles. The molecule has 0 saturated carbocycles. The van der Waals surface area contributed by atoms with Crippen molar-refractivity contribution in [3.63, 3.8) is 0 Å². The summed E-state index contributed by atoms with van der Waals surface area (Å²) >= 11 is 0. The normalized spacial score (nSPS) is 11.6. The molecule has 8 nitrogen and oxygen atoms in total. The summed E-state index contributed by atoms with van der Waals surface area (Å²) in [5.74, 6) is 2.05. The van der Waals surface area contributed by atoms with Gasteiger partial charge in [0.25, 0.3) is 0 Å². The van der Waals surface area contributed by atoms with Crippen LogP contribution in [0.15, 0.2) is 33.7 Å². The Kier molecular flexibility index (Phi) is 7.36. The number of likely N-dealkylation sites (N-methyl/N-ethyl adjacent to an activating group) is 1. The van der Waals surface area contributed by atoms with E-state index in [9.17, 15) is 4.79 Å². The first kappa shape index (κ1) is 20.4. The van der Waals surface area contributed by atoms with Crippen molar-refractivity contribution in [1.82, 2.24) is 20.5 Å². The summed E-state index contributed by atoms with van der Waals surface area (Å²) in [5.41, 5.74) is 2.70. The topological polar surface area (TPSA) is 94.8 Å². The van der Waals surface area contributed by atoms with Gasteiger partial charge >= 0.3 is 0 Å². The highest BCUT2D eigenvalue weighted by atomic mass is 16.4. The van der Waals surface area contributed by atoms with Crippen molar-refractivity contribution < 1.29 is 9.21 Å². The molecule has 0 aliphatic heterocycles. The van der Waals surface area contributed by atoms with Gasteiger partial charge in [0.2, 0.25) is 11.8 Å². The van der Waals surface area contributed by atoms with Crippen molar-refractivity contribution in [2.45, 2.75) is 26.9 Å². The Morgan fingerprint density at radius 3 is 2.59 bits per heavy atom. The highest BCUT2D eigenvalue weighted by Crippen LogP contribution is 2.11. The van der Waals surface area contributed by atoms with E-state index >= 15 is 0 Å². The number of nitrogens with zero attached hydrogens (tertiary/aromatic N) is 3. The van der Waals surface area contributed by atoms with E-state index in [1.54, 1.807) is 7.05 Å². The first-order valence-corrected chi connectivity index (χ1v) is 8.78. The van der Waals surface area contributed by atoms with Crippen LogP contribution in [0.25, 0.3) is 0 Å². The average Bonchev–Trinajstić information content (AvgIpc) is 2.92. The van der Waals surface area contributed by atoms with Gasteiger partial charge in [-0.1, -0.05) is 12.1 Å². The molecule has 0 atom stereocenters. The van der Waals surface area contributed by atoms with Gasteiger partial charge in [0.1, 0.15) is 5.76 Å². The Morgan fingerprint density at radius 1 is 1.22 bits per heavy atom. The van der Waals surface area contributed by atoms with E-state index in [4.69, 9.17) is 4.42 Å². The number of carbonyl (C=O) groups excluding carboxylic acids is 1. The third kappa shape index (κ3) is 6.74. The maximum absolute atomic E-state index is 11.9. The van der Waals surface area contributed by atoms with Crippen LogP contribution in [0.4, 0.5) is 5.69 Å². The second kappa shape index (κ2) is 9.72. The van der Waals surface area contributed by atoms with Crippen LogP contribution >= 0.6 is 0 Å². The molecule has 1 aromatic carbocycles. The molecule has 0 radical (unpaired) electrons. The van der Waals surface area contributed by atoms with E-state index in [0.29, 0.717) is 31.5 Å². The first-order valence-electron chi connectivity index (χ1n) is 8.78. The molecule has 3 N–H and O–H groups in total. The van der Waals surface area contributed by atoms with Crippen LogP contribution in [0.5, 0.6) is 0 Å². The van der Waals surface area contributed by atoms with Gasteiger partial charge in [0, 0.05) is 19.3 Å². The third-order valence-electron chi connectivity index (χ3n) is 3.83. The number of oxazole rings is 1. The fourth-order valence-electron chi connectivity index (χ4n) is 2.43. The number of anilines is 1. The standard InChI is InChI=1S/C19H28N6O2/c1-13-14(2)27-18(23-13)11-22-19(20-3)21-10-15-7-6-8-16(9-15)24-17(26)12-25(4)5/h6-9H,10-12H2,1-5H3,(H,24,26)(H2,20,21,22). The van der Waals surface area contributed by atoms with Crippen LogP contribution in [0.1, 0.15) is 22.9 Å². The molecule has 146 valence electrons. The molecule has 1 heterocycles. The van der Waals surface area contributed by atoms with Crippen LogP contribution in [-0.2, 0) is 17.9 Å². The van der Waals surface area contributed by atoms with Crippen molar-refractivity contribution in [1.29, 1.82) is 0 Å². The highest BCUT2D eigenvalue weighted by Gasteiger charge is 2.07. The number of rotatable bonds is 7. The number of benzene rings is 1. The van der Waals surface area contributed by atoms with Crippen LogP contribution in [-0.4, -0.2) is 49.4 Å². The molecule has 2 aromatic rings. The lowest BCUT2D eigenvalue weighted by molar-refractivity contribution is -0.116. The first-order chi connectivity index (χ1) is 12.9. The molecule has 8 heteroatoms. The largest absolute Gasteiger partial charge is 0.444 e. The molecule has 0 unspecified atom stereocenters. The van der Waals surface area contributed by atoms with Gasteiger partial charge in [-0.2, -0.15) is 0 Å². The summed E-state index contributed by atoms with van der Waals surface area (Å²) in [5, 5.41) is 9.31. The van der Waals surface area contributed by atoms with E-state index in [1.165, 1.54) is 0 Å². The predicted molar refractivity (Wildman–Crippen MR) is 107 cm³/mol. The highest BCUT2D eigenvalue weighted by molar-refractivity contribution is 5.92. The van der Waals surface area contributed by atoms with E-state index < -0.39 is 0 Å². The molecule has 0 fully saturated rings. The minimum Gasteiger partial charge on any atom is -0.444 e. The number of aromatic nitrogens is 1.